The predicted octanol–water partition coefficient (Wildman–Crippen LogP) is 3.00. The van der Waals surface area contributed by atoms with E-state index in [-0.39, 0.29) is 41.3 Å². The molecule has 6 atom stereocenters. The van der Waals surface area contributed by atoms with E-state index in [0.717, 1.165) is 6.08 Å². The minimum Gasteiger partial charge on any atom is -0.481 e. The van der Waals surface area contributed by atoms with E-state index in [1.165, 1.54) is 33.3 Å². The van der Waals surface area contributed by atoms with Gasteiger partial charge in [0, 0.05) is 50.3 Å². The maximum Gasteiger partial charge on any atom is 0.405 e. The Bertz CT molecular complexity index is 1330. The molecule has 13 heteroatoms. The maximum atomic E-state index is 13.8. The summed E-state index contributed by atoms with van der Waals surface area (Å²) >= 11 is 0. The largest absolute Gasteiger partial charge is 0.481 e. The SMILES string of the molecule is CO[C@H]1/C=C\C=C(\C)C(=O)NC2=CC(=O)C(NCCCCCC(=O)O)=C(C[C@@H](C)C[C@H](OC)[C@@H](O)[C@@H](C)/C=C(/C)[C@@H]1OC(N)=O)C2=O. The van der Waals surface area contributed by atoms with Crippen molar-refractivity contribution in [3.63, 3.8) is 0 Å². The molecule has 0 aromatic carbocycles. The monoisotopic (exact) mass is 659 g/mol. The highest BCUT2D eigenvalue weighted by molar-refractivity contribution is 6.23. The van der Waals surface area contributed by atoms with Crippen LogP contribution in [0.15, 0.2) is 58.5 Å². The number of hydrogen-bond acceptors (Lipinski definition) is 10. The predicted molar refractivity (Wildman–Crippen MR) is 174 cm³/mol. The van der Waals surface area contributed by atoms with Crippen LogP contribution in [0.3, 0.4) is 0 Å². The molecule has 2 amide bonds. The van der Waals surface area contributed by atoms with Crippen molar-refractivity contribution in [3.05, 3.63) is 58.5 Å². The molecule has 2 bridgehead atoms. The first-order valence-electron chi connectivity index (χ1n) is 15.7. The first kappa shape index (κ1) is 39.1. The van der Waals surface area contributed by atoms with Crippen LogP contribution >= 0.6 is 0 Å². The summed E-state index contributed by atoms with van der Waals surface area (Å²) in [5.74, 6) is -3.18. The van der Waals surface area contributed by atoms with Gasteiger partial charge >= 0.3 is 12.1 Å². The molecule has 1 heterocycles. The third kappa shape index (κ3) is 11.9. The number of hydrogen-bond donors (Lipinski definition) is 5. The fraction of sp³-hybridized carbons (Fsp3) is 0.559. The summed E-state index contributed by atoms with van der Waals surface area (Å²) in [6, 6.07) is 0. The van der Waals surface area contributed by atoms with Crippen LogP contribution in [-0.4, -0.2) is 84.9 Å². The lowest BCUT2D eigenvalue weighted by Crippen LogP contribution is -2.38. The number of unbranched alkanes of at least 4 members (excludes halogenated alkanes) is 2. The summed E-state index contributed by atoms with van der Waals surface area (Å²) in [5, 5.41) is 25.8. The summed E-state index contributed by atoms with van der Waals surface area (Å²) in [7, 11) is 2.90. The summed E-state index contributed by atoms with van der Waals surface area (Å²) < 4.78 is 16.6. The van der Waals surface area contributed by atoms with Crippen LogP contribution in [0.2, 0.25) is 0 Å². The number of carbonyl (C=O) groups excluding carboxylic acids is 4. The first-order valence-corrected chi connectivity index (χ1v) is 15.7. The molecule has 0 radical (unpaired) electrons. The molecule has 6 N–H and O–H groups in total. The van der Waals surface area contributed by atoms with E-state index in [2.05, 4.69) is 10.6 Å². The van der Waals surface area contributed by atoms with Crippen molar-refractivity contribution in [1.82, 2.24) is 10.6 Å². The van der Waals surface area contributed by atoms with Gasteiger partial charge in [-0.15, -0.1) is 0 Å². The topological polar surface area (TPSA) is 204 Å². The van der Waals surface area contributed by atoms with Gasteiger partial charge in [-0.1, -0.05) is 44.6 Å². The third-order valence-electron chi connectivity index (χ3n) is 8.16. The number of aliphatic carboxylic acids is 1. The van der Waals surface area contributed by atoms with E-state index >= 15 is 0 Å². The van der Waals surface area contributed by atoms with Crippen molar-refractivity contribution >= 4 is 29.5 Å². The van der Waals surface area contributed by atoms with E-state index < -0.39 is 59.9 Å². The molecule has 0 spiro atoms. The van der Waals surface area contributed by atoms with E-state index in [1.54, 1.807) is 26.0 Å². The van der Waals surface area contributed by atoms with Gasteiger partial charge in [-0.05, 0) is 51.0 Å². The van der Waals surface area contributed by atoms with Gasteiger partial charge in [-0.2, -0.15) is 0 Å². The number of ether oxygens (including phenoxy) is 3. The molecule has 47 heavy (non-hydrogen) atoms. The van der Waals surface area contributed by atoms with Gasteiger partial charge in [0.15, 0.2) is 6.10 Å². The standard InChI is InChI=1S/C34H49N3O10/c1-19-15-23-29(36-14-9-7-8-13-28(39)40)25(38)18-24(31(23)42)37-33(43)20(2)11-10-12-26(45-5)32(47-34(35)44)22(4)17-21(3)30(41)27(16-19)46-6/h10-12,17-19,21,26-27,30,32,36,41H,7-9,13-16H2,1-6H3,(H2,35,44)(H,37,43)(H,39,40)/b12-10-,20-11-,22-17-/t19-,21+,26+,27+,30+,32+/m1/s1. The van der Waals surface area contributed by atoms with Crippen molar-refractivity contribution in [3.8, 4) is 0 Å². The van der Waals surface area contributed by atoms with Crippen LogP contribution in [0.4, 0.5) is 4.79 Å². The van der Waals surface area contributed by atoms with Crippen LogP contribution in [0, 0.1) is 11.8 Å². The van der Waals surface area contributed by atoms with E-state index in [0.29, 0.717) is 37.8 Å². The molecule has 0 aromatic heterocycles. The summed E-state index contributed by atoms with van der Waals surface area (Å²) in [5.41, 5.74) is 6.31. The zero-order valence-corrected chi connectivity index (χ0v) is 28.0. The van der Waals surface area contributed by atoms with Gasteiger partial charge in [-0.25, -0.2) is 4.79 Å². The second kappa shape index (κ2) is 18.9. The molecule has 0 fully saturated rings. The lowest BCUT2D eigenvalue weighted by atomic mass is 9.85. The number of carboxylic acids is 1. The van der Waals surface area contributed by atoms with Crippen LogP contribution in [0.25, 0.3) is 0 Å². The van der Waals surface area contributed by atoms with Gasteiger partial charge in [0.1, 0.15) is 6.10 Å². The summed E-state index contributed by atoms with van der Waals surface area (Å²) in [6.07, 6.45) is 5.25. The van der Waals surface area contributed by atoms with Crippen LogP contribution in [-0.2, 0) is 33.4 Å². The molecule has 1 aliphatic carbocycles. The number of rotatable bonds is 10. The molecule has 0 saturated carbocycles. The summed E-state index contributed by atoms with van der Waals surface area (Å²) in [6.45, 7) is 7.27. The highest BCUT2D eigenvalue weighted by atomic mass is 16.6. The summed E-state index contributed by atoms with van der Waals surface area (Å²) in [4.78, 5) is 62.7. The number of carbonyl (C=O) groups is 5. The van der Waals surface area contributed by atoms with Gasteiger partial charge in [-0.3, -0.25) is 19.2 Å². The Morgan fingerprint density at radius 3 is 2.40 bits per heavy atom. The number of methoxy groups -OCH3 is 2. The number of carboxylic acid groups (broad SMARTS) is 1. The van der Waals surface area contributed by atoms with Gasteiger partial charge < -0.3 is 40.8 Å². The number of fused-ring (bicyclic) bond motifs is 2. The van der Waals surface area contributed by atoms with Gasteiger partial charge in [0.2, 0.25) is 11.6 Å². The number of primary amides is 1. The Balaban J connectivity index is 2.52. The zero-order chi connectivity index (χ0) is 35.3. The van der Waals surface area contributed by atoms with Gasteiger partial charge in [0.25, 0.3) is 5.91 Å². The molecular formula is C34H49N3O10. The minimum atomic E-state index is -1.01. The van der Waals surface area contributed by atoms with Crippen LogP contribution < -0.4 is 16.4 Å². The molecule has 0 aromatic rings. The maximum absolute atomic E-state index is 13.8. The first-order chi connectivity index (χ1) is 22.2. The normalized spacial score (nSPS) is 29.5. The average molecular weight is 660 g/mol. The van der Waals surface area contributed by atoms with Crippen molar-refractivity contribution in [1.29, 1.82) is 0 Å². The van der Waals surface area contributed by atoms with Crippen LogP contribution in [0.1, 0.15) is 66.2 Å². The fourth-order valence-electron chi connectivity index (χ4n) is 5.57. The van der Waals surface area contributed by atoms with Crippen molar-refractivity contribution in [2.75, 3.05) is 20.8 Å². The van der Waals surface area contributed by atoms with E-state index in [9.17, 15) is 29.1 Å². The third-order valence-corrected chi connectivity index (χ3v) is 8.16. The van der Waals surface area contributed by atoms with E-state index in [4.69, 9.17) is 25.1 Å². The number of nitrogens with one attached hydrogen (secondary N) is 2. The zero-order valence-electron chi connectivity index (χ0n) is 28.0. The number of aliphatic hydroxyl groups excluding tert-OH is 1. The molecular weight excluding hydrogens is 610 g/mol. The Labute approximate surface area is 275 Å². The highest BCUT2D eigenvalue weighted by Gasteiger charge is 2.33. The molecule has 13 nitrogen and oxygen atoms in total. The number of ketones is 2. The lowest BCUT2D eigenvalue weighted by Gasteiger charge is -2.30. The lowest BCUT2D eigenvalue weighted by molar-refractivity contribution is -0.137. The fourth-order valence-corrected chi connectivity index (χ4v) is 5.57. The molecule has 0 saturated heterocycles. The second-order valence-corrected chi connectivity index (χ2v) is 12.1. The Hall–Kier alpha value is -4.07. The smallest absolute Gasteiger partial charge is 0.405 e. The molecule has 260 valence electrons. The van der Waals surface area contributed by atoms with Crippen molar-refractivity contribution in [2.24, 2.45) is 17.6 Å². The number of nitrogens with two attached hydrogens (primary N) is 1. The number of Topliss-reactive ketones (excluding diaryl/α,β-unsaturated/α-hetero) is 1. The molecule has 0 unspecified atom stereocenters. The number of aliphatic hydroxyl groups is 1. The average Bonchev–Trinajstić information content (AvgIpc) is 3.00. The van der Waals surface area contributed by atoms with Crippen LogP contribution in [0.5, 0.6) is 0 Å². The second-order valence-electron chi connectivity index (χ2n) is 12.1. The molecule has 1 aliphatic heterocycles. The Kier molecular flexibility index (Phi) is 15.7. The highest BCUT2D eigenvalue weighted by Crippen LogP contribution is 2.29. The van der Waals surface area contributed by atoms with Crippen molar-refractivity contribution in [2.45, 2.75) is 90.6 Å². The number of amides is 2. The molecule has 2 rings (SSSR count). The van der Waals surface area contributed by atoms with E-state index in [1.807, 2.05) is 6.92 Å². The minimum absolute atomic E-state index is 0.0491. The van der Waals surface area contributed by atoms with Gasteiger partial charge in [0.05, 0.1) is 23.6 Å². The Morgan fingerprint density at radius 1 is 1.09 bits per heavy atom. The van der Waals surface area contributed by atoms with Crippen molar-refractivity contribution < 1.29 is 48.4 Å². The Morgan fingerprint density at radius 2 is 1.79 bits per heavy atom. The quantitative estimate of drug-likeness (QED) is 0.131. The molecule has 2 aliphatic rings. The number of allylic oxidation sites excluding steroid dienone is 4.